The van der Waals surface area contributed by atoms with Gasteiger partial charge in [0.2, 0.25) is 0 Å². The molecule has 128 valence electrons. The summed E-state index contributed by atoms with van der Waals surface area (Å²) in [5.74, 6) is -0.496. The van der Waals surface area contributed by atoms with Crippen LogP contribution in [0.25, 0.3) is 11.3 Å². The number of nitrogens with one attached hydrogen (secondary N) is 1. The van der Waals surface area contributed by atoms with Crippen molar-refractivity contribution in [3.05, 3.63) is 65.7 Å². The molecule has 0 aliphatic carbocycles. The van der Waals surface area contributed by atoms with Crippen molar-refractivity contribution in [2.75, 3.05) is 11.9 Å². The molecule has 2 heterocycles. The van der Waals surface area contributed by atoms with Crippen LogP contribution in [-0.4, -0.2) is 32.4 Å². The Hall–Kier alpha value is -3.06. The first kappa shape index (κ1) is 16.8. The van der Waals surface area contributed by atoms with Crippen LogP contribution in [0.3, 0.4) is 0 Å². The number of anilines is 1. The van der Waals surface area contributed by atoms with E-state index in [9.17, 15) is 14.3 Å². The van der Waals surface area contributed by atoms with Gasteiger partial charge in [-0.1, -0.05) is 0 Å². The number of nitrogens with zero attached hydrogens (tertiary/aromatic N) is 3. The molecule has 0 saturated heterocycles. The van der Waals surface area contributed by atoms with Crippen LogP contribution >= 0.6 is 0 Å². The van der Waals surface area contributed by atoms with E-state index in [4.69, 9.17) is 0 Å². The van der Waals surface area contributed by atoms with Gasteiger partial charge in [-0.15, -0.1) is 0 Å². The van der Waals surface area contributed by atoms with Crippen molar-refractivity contribution in [2.45, 2.75) is 13.5 Å². The second kappa shape index (κ2) is 7.23. The fourth-order valence-electron chi connectivity index (χ4n) is 2.49. The van der Waals surface area contributed by atoms with Crippen molar-refractivity contribution < 1.29 is 14.3 Å². The van der Waals surface area contributed by atoms with Gasteiger partial charge in [0.15, 0.2) is 0 Å². The van der Waals surface area contributed by atoms with Crippen molar-refractivity contribution in [3.63, 3.8) is 0 Å². The van der Waals surface area contributed by atoms with Gasteiger partial charge in [0.1, 0.15) is 11.6 Å². The minimum absolute atomic E-state index is 0.129. The summed E-state index contributed by atoms with van der Waals surface area (Å²) in [7, 11) is 0. The highest BCUT2D eigenvalue weighted by Crippen LogP contribution is 2.22. The topological polar surface area (TPSA) is 80.0 Å². The number of benzene rings is 1. The van der Waals surface area contributed by atoms with E-state index in [1.807, 2.05) is 6.07 Å². The summed E-state index contributed by atoms with van der Waals surface area (Å²) in [5.41, 5.74) is 2.28. The minimum atomic E-state index is -0.468. The third kappa shape index (κ3) is 3.89. The highest BCUT2D eigenvalue weighted by Gasteiger charge is 2.14. The van der Waals surface area contributed by atoms with E-state index in [1.165, 1.54) is 16.8 Å². The molecule has 0 saturated carbocycles. The SMILES string of the molecule is Cc1cc(F)cc(C(=O)Nc2cc(-c3cccnc3)nn2CCO)c1. The van der Waals surface area contributed by atoms with Crippen LogP contribution in [0.4, 0.5) is 10.2 Å². The molecule has 3 aromatic rings. The van der Waals surface area contributed by atoms with Gasteiger partial charge in [0.25, 0.3) is 5.91 Å². The average Bonchev–Trinajstić information content (AvgIpc) is 2.98. The maximum absolute atomic E-state index is 13.5. The number of hydrogen-bond donors (Lipinski definition) is 2. The number of rotatable bonds is 5. The van der Waals surface area contributed by atoms with Gasteiger partial charge in [0.05, 0.1) is 18.8 Å². The first-order valence-electron chi connectivity index (χ1n) is 7.74. The molecule has 0 unspecified atom stereocenters. The molecule has 2 N–H and O–H groups in total. The predicted octanol–water partition coefficient (Wildman–Crippen LogP) is 2.64. The first-order chi connectivity index (χ1) is 12.1. The second-order valence-electron chi connectivity index (χ2n) is 5.57. The first-order valence-corrected chi connectivity index (χ1v) is 7.74. The molecule has 25 heavy (non-hydrogen) atoms. The van der Waals surface area contributed by atoms with Gasteiger partial charge in [-0.2, -0.15) is 5.10 Å². The third-order valence-electron chi connectivity index (χ3n) is 3.59. The Morgan fingerprint density at radius 1 is 1.32 bits per heavy atom. The van der Waals surface area contributed by atoms with Crippen LogP contribution < -0.4 is 5.32 Å². The van der Waals surface area contributed by atoms with Crippen LogP contribution in [0.2, 0.25) is 0 Å². The van der Waals surface area contributed by atoms with Gasteiger partial charge in [0, 0.05) is 29.6 Å². The molecule has 0 aliphatic rings. The lowest BCUT2D eigenvalue weighted by Crippen LogP contribution is -2.17. The van der Waals surface area contributed by atoms with Crippen LogP contribution in [0, 0.1) is 12.7 Å². The lowest BCUT2D eigenvalue weighted by atomic mass is 10.1. The predicted molar refractivity (Wildman–Crippen MR) is 91.6 cm³/mol. The molecule has 2 aromatic heterocycles. The number of amides is 1. The minimum Gasteiger partial charge on any atom is -0.394 e. The largest absolute Gasteiger partial charge is 0.394 e. The number of halogens is 1. The molecule has 3 rings (SSSR count). The number of carbonyl (C=O) groups is 1. The quantitative estimate of drug-likeness (QED) is 0.748. The number of carbonyl (C=O) groups excluding carboxylic acids is 1. The van der Waals surface area contributed by atoms with Crippen molar-refractivity contribution in [1.82, 2.24) is 14.8 Å². The highest BCUT2D eigenvalue weighted by atomic mass is 19.1. The third-order valence-corrected chi connectivity index (χ3v) is 3.59. The van der Waals surface area contributed by atoms with Gasteiger partial charge in [-0.25, -0.2) is 9.07 Å². The van der Waals surface area contributed by atoms with Crippen molar-refractivity contribution >= 4 is 11.7 Å². The van der Waals surface area contributed by atoms with E-state index in [2.05, 4.69) is 15.4 Å². The molecule has 0 fully saturated rings. The Morgan fingerprint density at radius 2 is 2.16 bits per heavy atom. The molecule has 0 radical (unpaired) electrons. The van der Waals surface area contributed by atoms with Gasteiger partial charge < -0.3 is 10.4 Å². The molecule has 0 aliphatic heterocycles. The Kier molecular flexibility index (Phi) is 4.85. The molecule has 0 atom stereocenters. The molecule has 0 bridgehead atoms. The van der Waals surface area contributed by atoms with Gasteiger partial charge >= 0.3 is 0 Å². The zero-order chi connectivity index (χ0) is 17.8. The summed E-state index contributed by atoms with van der Waals surface area (Å²) in [6, 6.07) is 9.46. The number of aryl methyl sites for hydroxylation is 1. The van der Waals surface area contributed by atoms with E-state index in [-0.39, 0.29) is 18.7 Å². The van der Waals surface area contributed by atoms with Gasteiger partial charge in [-0.3, -0.25) is 9.78 Å². The average molecular weight is 340 g/mol. The number of aliphatic hydroxyl groups excluding tert-OH is 1. The van der Waals surface area contributed by atoms with Crippen LogP contribution in [0.15, 0.2) is 48.8 Å². The lowest BCUT2D eigenvalue weighted by molar-refractivity contribution is 0.102. The molecule has 7 heteroatoms. The molecular weight excluding hydrogens is 323 g/mol. The molecule has 1 amide bonds. The summed E-state index contributed by atoms with van der Waals surface area (Å²) in [6.07, 6.45) is 3.32. The normalized spacial score (nSPS) is 10.7. The summed E-state index contributed by atoms with van der Waals surface area (Å²) in [6.45, 7) is 1.81. The second-order valence-corrected chi connectivity index (χ2v) is 5.57. The summed E-state index contributed by atoms with van der Waals surface area (Å²) in [4.78, 5) is 16.5. The van der Waals surface area contributed by atoms with Crippen molar-refractivity contribution in [1.29, 1.82) is 0 Å². The maximum Gasteiger partial charge on any atom is 0.256 e. The maximum atomic E-state index is 13.5. The van der Waals surface area contributed by atoms with Crippen molar-refractivity contribution in [2.24, 2.45) is 0 Å². The Labute approximate surface area is 144 Å². The molecule has 0 spiro atoms. The Bertz CT molecular complexity index is 873. The monoisotopic (exact) mass is 340 g/mol. The number of pyridine rings is 1. The van der Waals surface area contributed by atoms with E-state index in [0.29, 0.717) is 17.1 Å². The van der Waals surface area contributed by atoms with E-state index >= 15 is 0 Å². The Balaban J connectivity index is 1.90. The smallest absolute Gasteiger partial charge is 0.256 e. The van der Waals surface area contributed by atoms with E-state index in [1.54, 1.807) is 37.5 Å². The zero-order valence-corrected chi connectivity index (χ0v) is 13.6. The van der Waals surface area contributed by atoms with Crippen LogP contribution in [0.1, 0.15) is 15.9 Å². The van der Waals surface area contributed by atoms with Gasteiger partial charge in [-0.05, 0) is 42.8 Å². The van der Waals surface area contributed by atoms with Crippen molar-refractivity contribution in [3.8, 4) is 11.3 Å². The lowest BCUT2D eigenvalue weighted by Gasteiger charge is -2.08. The molecular formula is C18H17FN4O2. The molecule has 1 aromatic carbocycles. The fourth-order valence-corrected chi connectivity index (χ4v) is 2.49. The van der Waals surface area contributed by atoms with Crippen LogP contribution in [0.5, 0.6) is 0 Å². The number of aromatic nitrogens is 3. The highest BCUT2D eigenvalue weighted by molar-refractivity contribution is 6.04. The fraction of sp³-hybridized carbons (Fsp3) is 0.167. The number of hydrogen-bond acceptors (Lipinski definition) is 4. The number of aliphatic hydroxyl groups is 1. The van der Waals surface area contributed by atoms with E-state index in [0.717, 1.165) is 5.56 Å². The van der Waals surface area contributed by atoms with Crippen LogP contribution in [-0.2, 0) is 6.54 Å². The zero-order valence-electron chi connectivity index (χ0n) is 13.6. The standard InChI is InChI=1S/C18H17FN4O2/c1-12-7-14(9-15(19)8-12)18(25)21-17-10-16(22-23(17)5-6-24)13-3-2-4-20-11-13/h2-4,7-11,24H,5-6H2,1H3,(H,21,25). The summed E-state index contributed by atoms with van der Waals surface area (Å²) in [5, 5.41) is 16.3. The summed E-state index contributed by atoms with van der Waals surface area (Å²) >= 11 is 0. The molecule has 6 nitrogen and oxygen atoms in total. The van der Waals surface area contributed by atoms with E-state index < -0.39 is 11.7 Å². The Morgan fingerprint density at radius 3 is 2.84 bits per heavy atom. The summed E-state index contributed by atoms with van der Waals surface area (Å²) < 4.78 is 15.0.